The molecule has 0 saturated heterocycles. The number of hydrogen-bond acceptors (Lipinski definition) is 3. The Morgan fingerprint density at radius 2 is 1.74 bits per heavy atom. The molecule has 0 bridgehead atoms. The Bertz CT molecular complexity index is 504. The van der Waals surface area contributed by atoms with Gasteiger partial charge in [0.15, 0.2) is 0 Å². The van der Waals surface area contributed by atoms with E-state index >= 15 is 0 Å². The number of aryl methyl sites for hydroxylation is 2. The summed E-state index contributed by atoms with van der Waals surface area (Å²) in [6, 6.07) is 3.89. The molecule has 4 heteroatoms. The van der Waals surface area contributed by atoms with E-state index in [2.05, 4.69) is 12.2 Å². The van der Waals surface area contributed by atoms with E-state index in [0.29, 0.717) is 13.2 Å². The Kier molecular flexibility index (Phi) is 7.56. The fourth-order valence-corrected chi connectivity index (χ4v) is 2.74. The second kappa shape index (κ2) is 8.92. The van der Waals surface area contributed by atoms with Gasteiger partial charge < -0.3 is 14.8 Å². The number of carbonyl (C=O) groups is 1. The molecule has 23 heavy (non-hydrogen) atoms. The van der Waals surface area contributed by atoms with Crippen LogP contribution in [0.1, 0.15) is 58.1 Å². The van der Waals surface area contributed by atoms with E-state index in [1.165, 1.54) is 0 Å². The largest absolute Gasteiger partial charge is 0.493 e. The molecule has 1 rings (SSSR count). The molecule has 1 amide bonds. The number of amides is 1. The average Bonchev–Trinajstić information content (AvgIpc) is 2.49. The van der Waals surface area contributed by atoms with Gasteiger partial charge >= 0.3 is 0 Å². The quantitative estimate of drug-likeness (QED) is 0.721. The van der Waals surface area contributed by atoms with Crippen molar-refractivity contribution in [2.24, 2.45) is 0 Å². The second-order valence-corrected chi connectivity index (χ2v) is 6.09. The summed E-state index contributed by atoms with van der Waals surface area (Å²) in [5.74, 6) is 0.805. The van der Waals surface area contributed by atoms with Gasteiger partial charge in [-0.2, -0.15) is 0 Å². The summed E-state index contributed by atoms with van der Waals surface area (Å²) in [4.78, 5) is 12.7. The first-order valence-electron chi connectivity index (χ1n) is 8.57. The monoisotopic (exact) mass is 321 g/mol. The average molecular weight is 321 g/mol. The van der Waals surface area contributed by atoms with Crippen LogP contribution in [-0.2, 0) is 9.53 Å². The van der Waals surface area contributed by atoms with E-state index in [1.54, 1.807) is 0 Å². The van der Waals surface area contributed by atoms with Gasteiger partial charge in [0.1, 0.15) is 11.4 Å². The van der Waals surface area contributed by atoms with Gasteiger partial charge in [-0.25, -0.2) is 0 Å². The zero-order valence-corrected chi connectivity index (χ0v) is 15.4. The molecule has 0 spiro atoms. The third-order valence-electron chi connectivity index (χ3n) is 3.96. The van der Waals surface area contributed by atoms with Crippen LogP contribution >= 0.6 is 0 Å². The van der Waals surface area contributed by atoms with Crippen LogP contribution in [0.25, 0.3) is 0 Å². The normalized spacial score (nSPS) is 13.5. The third-order valence-corrected chi connectivity index (χ3v) is 3.96. The molecule has 0 saturated carbocycles. The zero-order valence-electron chi connectivity index (χ0n) is 15.4. The molecule has 0 aromatic heterocycles. The van der Waals surface area contributed by atoms with Crippen molar-refractivity contribution in [1.82, 2.24) is 0 Å². The van der Waals surface area contributed by atoms with Crippen LogP contribution < -0.4 is 10.1 Å². The van der Waals surface area contributed by atoms with Crippen molar-refractivity contribution >= 4 is 11.6 Å². The van der Waals surface area contributed by atoms with Crippen molar-refractivity contribution in [3.05, 3.63) is 23.3 Å². The highest BCUT2D eigenvalue weighted by molar-refractivity contribution is 5.97. The Labute approximate surface area is 140 Å². The predicted molar refractivity (Wildman–Crippen MR) is 95.3 cm³/mol. The summed E-state index contributed by atoms with van der Waals surface area (Å²) in [5.41, 5.74) is 2.05. The predicted octanol–water partition coefficient (Wildman–Crippen LogP) is 4.63. The molecule has 0 fully saturated rings. The van der Waals surface area contributed by atoms with Crippen LogP contribution in [0.3, 0.4) is 0 Å². The molecule has 0 aliphatic carbocycles. The van der Waals surface area contributed by atoms with Gasteiger partial charge in [0.25, 0.3) is 5.91 Å². The second-order valence-electron chi connectivity index (χ2n) is 6.09. The molecule has 0 radical (unpaired) electrons. The first-order valence-corrected chi connectivity index (χ1v) is 8.57. The van der Waals surface area contributed by atoms with Crippen molar-refractivity contribution in [1.29, 1.82) is 0 Å². The van der Waals surface area contributed by atoms with E-state index < -0.39 is 5.60 Å². The first kappa shape index (κ1) is 19.5. The molecule has 0 heterocycles. The minimum absolute atomic E-state index is 0.0873. The maximum absolute atomic E-state index is 12.7. The molecule has 0 aliphatic heterocycles. The van der Waals surface area contributed by atoms with E-state index in [-0.39, 0.29) is 5.91 Å². The van der Waals surface area contributed by atoms with E-state index in [9.17, 15) is 4.79 Å². The minimum Gasteiger partial charge on any atom is -0.493 e. The SMILES string of the molecule is CCCC[C@@](C)(OCC)C(=O)Nc1cc(C)c(OCC)c(C)c1. The van der Waals surface area contributed by atoms with Gasteiger partial charge in [-0.15, -0.1) is 0 Å². The summed E-state index contributed by atoms with van der Waals surface area (Å²) >= 11 is 0. The van der Waals surface area contributed by atoms with Gasteiger partial charge in [0.2, 0.25) is 0 Å². The lowest BCUT2D eigenvalue weighted by Gasteiger charge is -2.28. The fraction of sp³-hybridized carbons (Fsp3) is 0.632. The van der Waals surface area contributed by atoms with Gasteiger partial charge in [0.05, 0.1) is 6.61 Å². The van der Waals surface area contributed by atoms with Crippen LogP contribution in [0.15, 0.2) is 12.1 Å². The molecule has 0 aliphatic rings. The third kappa shape index (κ3) is 5.24. The van der Waals surface area contributed by atoms with E-state index in [4.69, 9.17) is 9.47 Å². The lowest BCUT2D eigenvalue weighted by molar-refractivity contribution is -0.139. The van der Waals surface area contributed by atoms with Crippen LogP contribution in [0, 0.1) is 13.8 Å². The lowest BCUT2D eigenvalue weighted by atomic mass is 9.97. The molecule has 4 nitrogen and oxygen atoms in total. The molecule has 1 atom stereocenters. The van der Waals surface area contributed by atoms with Crippen molar-refractivity contribution in [2.75, 3.05) is 18.5 Å². The molecular formula is C19H31NO3. The Balaban J connectivity index is 2.94. The number of benzene rings is 1. The van der Waals surface area contributed by atoms with Crippen LogP contribution in [-0.4, -0.2) is 24.7 Å². The van der Waals surface area contributed by atoms with Gasteiger partial charge in [-0.3, -0.25) is 4.79 Å². The number of anilines is 1. The van der Waals surface area contributed by atoms with Crippen LogP contribution in [0.5, 0.6) is 5.75 Å². The number of hydrogen-bond donors (Lipinski definition) is 1. The van der Waals surface area contributed by atoms with Crippen molar-refractivity contribution in [3.63, 3.8) is 0 Å². The molecule has 130 valence electrons. The summed E-state index contributed by atoms with van der Waals surface area (Å²) in [6.45, 7) is 13.0. The van der Waals surface area contributed by atoms with Crippen molar-refractivity contribution in [2.45, 2.75) is 66.4 Å². The maximum Gasteiger partial charge on any atom is 0.256 e. The summed E-state index contributed by atoms with van der Waals surface area (Å²) < 4.78 is 11.4. The molecule has 1 aromatic rings. The summed E-state index contributed by atoms with van der Waals surface area (Å²) in [7, 11) is 0. The molecule has 1 aromatic carbocycles. The standard InChI is InChI=1S/C19H31NO3/c1-7-10-11-19(6,23-9-3)18(21)20-16-12-14(4)17(22-8-2)15(5)13-16/h12-13H,7-11H2,1-6H3,(H,20,21)/t19-/m1/s1. The van der Waals surface area contributed by atoms with Crippen molar-refractivity contribution < 1.29 is 14.3 Å². The molecule has 0 unspecified atom stereocenters. The topological polar surface area (TPSA) is 47.6 Å². The van der Waals surface area contributed by atoms with E-state index in [0.717, 1.165) is 41.8 Å². The summed E-state index contributed by atoms with van der Waals surface area (Å²) in [6.07, 6.45) is 2.72. The Morgan fingerprint density at radius 1 is 1.13 bits per heavy atom. The van der Waals surface area contributed by atoms with Gasteiger partial charge in [0, 0.05) is 12.3 Å². The highest BCUT2D eigenvalue weighted by Crippen LogP contribution is 2.28. The minimum atomic E-state index is -0.787. The zero-order chi connectivity index (χ0) is 17.5. The van der Waals surface area contributed by atoms with Crippen molar-refractivity contribution in [3.8, 4) is 5.75 Å². The van der Waals surface area contributed by atoms with Crippen LogP contribution in [0.2, 0.25) is 0 Å². The number of rotatable bonds is 9. The first-order chi connectivity index (χ1) is 10.9. The Hall–Kier alpha value is -1.55. The lowest BCUT2D eigenvalue weighted by Crippen LogP contribution is -2.42. The number of ether oxygens (including phenoxy) is 2. The number of unbranched alkanes of at least 4 members (excludes halogenated alkanes) is 1. The molecular weight excluding hydrogens is 290 g/mol. The summed E-state index contributed by atoms with van der Waals surface area (Å²) in [5, 5.41) is 3.01. The number of nitrogens with one attached hydrogen (secondary N) is 1. The molecule has 1 N–H and O–H groups in total. The number of carbonyl (C=O) groups excluding carboxylic acids is 1. The smallest absolute Gasteiger partial charge is 0.256 e. The Morgan fingerprint density at radius 3 is 2.22 bits per heavy atom. The maximum atomic E-state index is 12.7. The van der Waals surface area contributed by atoms with Crippen LogP contribution in [0.4, 0.5) is 5.69 Å². The highest BCUT2D eigenvalue weighted by atomic mass is 16.5. The van der Waals surface area contributed by atoms with Gasteiger partial charge in [-0.05, 0) is 64.3 Å². The van der Waals surface area contributed by atoms with E-state index in [1.807, 2.05) is 46.8 Å². The highest BCUT2D eigenvalue weighted by Gasteiger charge is 2.33. The van der Waals surface area contributed by atoms with Gasteiger partial charge in [-0.1, -0.05) is 19.8 Å². The fourth-order valence-electron chi connectivity index (χ4n) is 2.74.